The minimum absolute atomic E-state index is 0. The van der Waals surface area contributed by atoms with Gasteiger partial charge >= 0.3 is 0 Å². The molecule has 1 heterocycles. The Labute approximate surface area is 185 Å². The lowest BCUT2D eigenvalue weighted by molar-refractivity contribution is 0.354. The quantitative estimate of drug-likeness (QED) is 0.406. The third-order valence-corrected chi connectivity index (χ3v) is 5.12. The number of rotatable bonds is 6. The van der Waals surface area contributed by atoms with Gasteiger partial charge in [-0.2, -0.15) is 0 Å². The second kappa shape index (κ2) is 9.39. The minimum Gasteiger partial charge on any atom is -0.493 e. The molecule has 4 rings (SSSR count). The molecule has 0 saturated carbocycles. The fourth-order valence-corrected chi connectivity index (χ4v) is 3.55. The number of benzene rings is 3. The van der Waals surface area contributed by atoms with Crippen LogP contribution in [0.2, 0.25) is 5.02 Å². The normalized spacial score (nSPS) is 10.8. The summed E-state index contributed by atoms with van der Waals surface area (Å²) in [5.74, 6) is 1.39. The zero-order chi connectivity index (χ0) is 20.4. The Hall–Kier alpha value is -2.73. The van der Waals surface area contributed by atoms with E-state index in [1.807, 2.05) is 36.4 Å². The van der Waals surface area contributed by atoms with Crippen LogP contribution in [-0.4, -0.2) is 14.2 Å². The third kappa shape index (κ3) is 4.24. The van der Waals surface area contributed by atoms with Crippen molar-refractivity contribution in [1.82, 2.24) is 5.32 Å². The molecule has 0 saturated heterocycles. The Kier molecular flexibility index (Phi) is 6.87. The predicted molar refractivity (Wildman–Crippen MR) is 122 cm³/mol. The van der Waals surface area contributed by atoms with Gasteiger partial charge in [-0.05, 0) is 47.5 Å². The maximum absolute atomic E-state index is 12.9. The Morgan fingerprint density at radius 1 is 0.900 bits per heavy atom. The van der Waals surface area contributed by atoms with Crippen LogP contribution in [0.3, 0.4) is 0 Å². The first-order valence-corrected chi connectivity index (χ1v) is 9.54. The van der Waals surface area contributed by atoms with Crippen LogP contribution in [0, 0.1) is 0 Å². The summed E-state index contributed by atoms with van der Waals surface area (Å²) in [4.78, 5) is 12.9. The molecule has 4 aromatic rings. The van der Waals surface area contributed by atoms with E-state index in [-0.39, 0.29) is 17.8 Å². The van der Waals surface area contributed by atoms with Crippen molar-refractivity contribution in [1.29, 1.82) is 0 Å². The van der Waals surface area contributed by atoms with E-state index >= 15 is 0 Å². The standard InChI is InChI=1S/C23H20ClNO4.ClH/c1-27-20-9-7-15(11-21(20)28-2)13-25-12-14-6-8-19-17(10-14)22(26)16-4-3-5-18(24)23(16)29-19;/h3-11,25H,12-13H2,1-2H3;1H. The SMILES string of the molecule is COc1ccc(CNCc2ccc3oc4c(Cl)cccc4c(=O)c3c2)cc1OC.Cl. The molecule has 1 N–H and O–H groups in total. The molecule has 0 amide bonds. The van der Waals surface area contributed by atoms with E-state index in [2.05, 4.69) is 5.32 Å². The predicted octanol–water partition coefficient (Wildman–Crippen LogP) is 5.33. The van der Waals surface area contributed by atoms with E-state index in [0.29, 0.717) is 51.5 Å². The lowest BCUT2D eigenvalue weighted by Crippen LogP contribution is -2.13. The van der Waals surface area contributed by atoms with Gasteiger partial charge in [0, 0.05) is 13.1 Å². The number of para-hydroxylation sites is 1. The van der Waals surface area contributed by atoms with Crippen molar-refractivity contribution in [3.05, 3.63) is 81.0 Å². The largest absolute Gasteiger partial charge is 0.493 e. The van der Waals surface area contributed by atoms with Crippen LogP contribution in [0.4, 0.5) is 0 Å². The van der Waals surface area contributed by atoms with Gasteiger partial charge < -0.3 is 19.2 Å². The molecule has 5 nitrogen and oxygen atoms in total. The van der Waals surface area contributed by atoms with Gasteiger partial charge in [0.1, 0.15) is 5.58 Å². The van der Waals surface area contributed by atoms with Crippen molar-refractivity contribution < 1.29 is 13.9 Å². The average molecular weight is 446 g/mol. The molecule has 3 aromatic carbocycles. The summed E-state index contributed by atoms with van der Waals surface area (Å²) in [5.41, 5.74) is 2.94. The molecule has 0 radical (unpaired) electrons. The Morgan fingerprint density at radius 3 is 2.33 bits per heavy atom. The smallest absolute Gasteiger partial charge is 0.200 e. The molecule has 156 valence electrons. The molecule has 0 unspecified atom stereocenters. The van der Waals surface area contributed by atoms with Crippen molar-refractivity contribution in [2.24, 2.45) is 0 Å². The van der Waals surface area contributed by atoms with Crippen LogP contribution in [0.15, 0.2) is 63.8 Å². The molecule has 30 heavy (non-hydrogen) atoms. The monoisotopic (exact) mass is 445 g/mol. The highest BCUT2D eigenvalue weighted by Crippen LogP contribution is 2.28. The summed E-state index contributed by atoms with van der Waals surface area (Å²) in [6, 6.07) is 16.6. The molecule has 0 aliphatic carbocycles. The topological polar surface area (TPSA) is 60.7 Å². The number of ether oxygens (including phenoxy) is 2. The van der Waals surface area contributed by atoms with E-state index < -0.39 is 0 Å². The molecule has 7 heteroatoms. The molecule has 0 atom stereocenters. The highest BCUT2D eigenvalue weighted by atomic mass is 35.5. The van der Waals surface area contributed by atoms with Crippen molar-refractivity contribution in [2.75, 3.05) is 14.2 Å². The number of halogens is 2. The first kappa shape index (κ1) is 22.0. The first-order chi connectivity index (χ1) is 14.1. The molecule has 1 aromatic heterocycles. The number of methoxy groups -OCH3 is 2. The molecule has 0 fully saturated rings. The Morgan fingerprint density at radius 2 is 1.60 bits per heavy atom. The average Bonchev–Trinajstić information content (AvgIpc) is 2.75. The van der Waals surface area contributed by atoms with Crippen LogP contribution in [0.25, 0.3) is 21.9 Å². The number of hydrogen-bond acceptors (Lipinski definition) is 5. The number of hydrogen-bond donors (Lipinski definition) is 1. The molecular formula is C23H21Cl2NO4. The molecule has 0 bridgehead atoms. The van der Waals surface area contributed by atoms with Crippen LogP contribution in [0.5, 0.6) is 11.5 Å². The van der Waals surface area contributed by atoms with Crippen molar-refractivity contribution in [3.8, 4) is 11.5 Å². The number of fused-ring (bicyclic) bond motifs is 2. The van der Waals surface area contributed by atoms with Gasteiger partial charge in [0.05, 0.1) is 30.0 Å². The lowest BCUT2D eigenvalue weighted by Gasteiger charge is -2.11. The second-order valence-electron chi connectivity index (χ2n) is 6.67. The fraction of sp³-hybridized carbons (Fsp3) is 0.174. The maximum Gasteiger partial charge on any atom is 0.200 e. The lowest BCUT2D eigenvalue weighted by atomic mass is 10.1. The van der Waals surface area contributed by atoms with Gasteiger partial charge in [-0.3, -0.25) is 4.79 Å². The summed E-state index contributed by atoms with van der Waals surface area (Å²) < 4.78 is 16.5. The van der Waals surface area contributed by atoms with E-state index in [9.17, 15) is 4.79 Å². The Balaban J connectivity index is 0.00000256. The van der Waals surface area contributed by atoms with Gasteiger partial charge in [-0.25, -0.2) is 0 Å². The minimum atomic E-state index is -0.0782. The van der Waals surface area contributed by atoms with Gasteiger partial charge in [0.15, 0.2) is 17.1 Å². The van der Waals surface area contributed by atoms with Crippen LogP contribution < -0.4 is 20.2 Å². The van der Waals surface area contributed by atoms with Gasteiger partial charge in [-0.15, -0.1) is 12.4 Å². The van der Waals surface area contributed by atoms with Gasteiger partial charge in [0.25, 0.3) is 0 Å². The van der Waals surface area contributed by atoms with Crippen molar-refractivity contribution >= 4 is 45.9 Å². The highest BCUT2D eigenvalue weighted by Gasteiger charge is 2.11. The summed E-state index contributed by atoms with van der Waals surface area (Å²) in [6.07, 6.45) is 0. The highest BCUT2D eigenvalue weighted by molar-refractivity contribution is 6.34. The summed E-state index contributed by atoms with van der Waals surface area (Å²) in [5, 5.41) is 4.85. The van der Waals surface area contributed by atoms with E-state index in [1.54, 1.807) is 32.4 Å². The van der Waals surface area contributed by atoms with E-state index in [0.717, 1.165) is 11.1 Å². The summed E-state index contributed by atoms with van der Waals surface area (Å²) in [6.45, 7) is 1.26. The summed E-state index contributed by atoms with van der Waals surface area (Å²) in [7, 11) is 3.23. The van der Waals surface area contributed by atoms with Gasteiger partial charge in [0.2, 0.25) is 5.43 Å². The summed E-state index contributed by atoms with van der Waals surface area (Å²) >= 11 is 6.17. The zero-order valence-electron chi connectivity index (χ0n) is 16.5. The molecule has 0 spiro atoms. The molecule has 0 aliphatic rings. The fourth-order valence-electron chi connectivity index (χ4n) is 3.34. The second-order valence-corrected chi connectivity index (χ2v) is 7.08. The zero-order valence-corrected chi connectivity index (χ0v) is 18.1. The van der Waals surface area contributed by atoms with Gasteiger partial charge in [-0.1, -0.05) is 29.8 Å². The Bertz CT molecular complexity index is 1250. The van der Waals surface area contributed by atoms with Crippen molar-refractivity contribution in [2.45, 2.75) is 13.1 Å². The number of nitrogens with one attached hydrogen (secondary N) is 1. The molecular weight excluding hydrogens is 425 g/mol. The third-order valence-electron chi connectivity index (χ3n) is 4.82. The maximum atomic E-state index is 12.9. The van der Waals surface area contributed by atoms with Crippen LogP contribution in [0.1, 0.15) is 11.1 Å². The van der Waals surface area contributed by atoms with Crippen molar-refractivity contribution in [3.63, 3.8) is 0 Å². The molecule has 0 aliphatic heterocycles. The first-order valence-electron chi connectivity index (χ1n) is 9.16. The van der Waals surface area contributed by atoms with Crippen LogP contribution in [-0.2, 0) is 13.1 Å². The van der Waals surface area contributed by atoms with Crippen LogP contribution >= 0.6 is 24.0 Å². The van der Waals surface area contributed by atoms with E-state index in [1.165, 1.54) is 0 Å². The van der Waals surface area contributed by atoms with E-state index in [4.69, 9.17) is 25.5 Å².